The van der Waals surface area contributed by atoms with Crippen molar-refractivity contribution in [2.24, 2.45) is 0 Å². The van der Waals surface area contributed by atoms with Crippen molar-refractivity contribution in [1.29, 1.82) is 0 Å². The highest BCUT2D eigenvalue weighted by Crippen LogP contribution is 2.27. The van der Waals surface area contributed by atoms with Gasteiger partial charge in [-0.2, -0.15) is 20.1 Å². The first kappa shape index (κ1) is 20.4. The predicted octanol–water partition coefficient (Wildman–Crippen LogP) is 3.92. The Bertz CT molecular complexity index is 1170. The molecule has 1 fully saturated rings. The number of rotatable bonds is 6. The number of likely N-dealkylation sites (N-methyl/N-ethyl adjacent to an activating group) is 1. The third-order valence-electron chi connectivity index (χ3n) is 5.22. The molecule has 0 amide bonds. The lowest BCUT2D eigenvalue weighted by Crippen LogP contribution is -2.45. The summed E-state index contributed by atoms with van der Waals surface area (Å²) in [4.78, 5) is 19.3. The van der Waals surface area contributed by atoms with Gasteiger partial charge in [-0.1, -0.05) is 23.8 Å². The molecule has 164 valence electrons. The molecule has 1 saturated heterocycles. The van der Waals surface area contributed by atoms with Gasteiger partial charge in [-0.25, -0.2) is 0 Å². The van der Waals surface area contributed by atoms with Crippen LogP contribution >= 0.6 is 11.3 Å². The second-order valence-corrected chi connectivity index (χ2v) is 8.66. The lowest BCUT2D eigenvalue weighted by atomic mass is 10.2. The van der Waals surface area contributed by atoms with Gasteiger partial charge in [0, 0.05) is 32.2 Å². The summed E-state index contributed by atoms with van der Waals surface area (Å²) in [6.07, 6.45) is 0. The summed E-state index contributed by atoms with van der Waals surface area (Å²) >= 11 is 1.65. The number of nitrogens with zero attached hydrogens (tertiary/aromatic N) is 6. The molecule has 0 atom stereocenters. The van der Waals surface area contributed by atoms with Crippen LogP contribution in [0.15, 0.2) is 47.8 Å². The van der Waals surface area contributed by atoms with E-state index in [1.54, 1.807) is 11.3 Å². The summed E-state index contributed by atoms with van der Waals surface area (Å²) in [5, 5.41) is 12.6. The largest absolute Gasteiger partial charge is 0.424 e. The minimum atomic E-state index is 0.245. The van der Waals surface area contributed by atoms with E-state index in [1.165, 1.54) is 0 Å². The molecule has 0 radical (unpaired) electrons. The fraction of sp³-hybridized carbons (Fsp3) is 0.273. The predicted molar refractivity (Wildman–Crippen MR) is 126 cm³/mol. The van der Waals surface area contributed by atoms with Crippen LogP contribution in [0.4, 0.5) is 17.7 Å². The quantitative estimate of drug-likeness (QED) is 0.458. The van der Waals surface area contributed by atoms with Gasteiger partial charge in [-0.05, 0) is 37.6 Å². The van der Waals surface area contributed by atoms with E-state index in [0.29, 0.717) is 23.5 Å². The van der Waals surface area contributed by atoms with Gasteiger partial charge >= 0.3 is 6.01 Å². The van der Waals surface area contributed by atoms with Crippen LogP contribution in [0.25, 0.3) is 10.6 Å². The van der Waals surface area contributed by atoms with Gasteiger partial charge in [0.1, 0.15) is 5.75 Å². The van der Waals surface area contributed by atoms with Crippen LogP contribution in [0.3, 0.4) is 0 Å². The van der Waals surface area contributed by atoms with Crippen molar-refractivity contribution >= 4 is 29.1 Å². The maximum absolute atomic E-state index is 5.96. The molecule has 1 aliphatic heterocycles. The molecule has 0 unspecified atom stereocenters. The van der Waals surface area contributed by atoms with Gasteiger partial charge < -0.3 is 19.9 Å². The van der Waals surface area contributed by atoms with Crippen LogP contribution in [-0.4, -0.2) is 63.3 Å². The Balaban J connectivity index is 1.42. The Morgan fingerprint density at radius 3 is 2.59 bits per heavy atom. The van der Waals surface area contributed by atoms with Gasteiger partial charge in [-0.3, -0.25) is 5.10 Å². The topological polar surface area (TPSA) is 95.1 Å². The average Bonchev–Trinajstić information content (AvgIpc) is 3.48. The standard InChI is InChI=1S/C22H24N8OS/c1-15-5-7-16(8-6-15)31-22-25-20(24-21(26-22)30-11-9-29(2)10-12-30)23-19-14-17(27-28-19)18-4-3-13-32-18/h3-8,13-14H,9-12H2,1-2H3,(H2,23,24,25,26,27,28). The first-order valence-corrected chi connectivity index (χ1v) is 11.3. The van der Waals surface area contributed by atoms with Crippen molar-refractivity contribution in [3.63, 3.8) is 0 Å². The highest BCUT2D eigenvalue weighted by molar-refractivity contribution is 7.13. The SMILES string of the molecule is Cc1ccc(Oc2nc(Nc3cc(-c4cccs4)[nH]n3)nc(N3CCN(C)CC3)n2)cc1. The van der Waals surface area contributed by atoms with Crippen LogP contribution < -0.4 is 15.0 Å². The van der Waals surface area contributed by atoms with Crippen molar-refractivity contribution < 1.29 is 4.74 Å². The van der Waals surface area contributed by atoms with Crippen LogP contribution in [0.5, 0.6) is 11.8 Å². The summed E-state index contributed by atoms with van der Waals surface area (Å²) in [6.45, 7) is 5.62. The number of hydrogen-bond acceptors (Lipinski definition) is 9. The smallest absolute Gasteiger partial charge is 0.328 e. The molecular weight excluding hydrogens is 424 g/mol. The first-order valence-electron chi connectivity index (χ1n) is 10.4. The molecule has 5 rings (SSSR count). The third kappa shape index (κ3) is 4.71. The molecule has 10 heteroatoms. The van der Waals surface area contributed by atoms with Crippen LogP contribution in [0.2, 0.25) is 0 Å². The number of aromatic amines is 1. The van der Waals surface area contributed by atoms with Crippen LogP contribution in [-0.2, 0) is 0 Å². The van der Waals surface area contributed by atoms with Gasteiger partial charge in [0.25, 0.3) is 0 Å². The molecule has 0 aliphatic carbocycles. The number of aryl methyl sites for hydroxylation is 1. The van der Waals surface area contributed by atoms with Crippen molar-refractivity contribution in [1.82, 2.24) is 30.0 Å². The number of hydrogen-bond donors (Lipinski definition) is 2. The fourth-order valence-corrected chi connectivity index (χ4v) is 4.06. The highest BCUT2D eigenvalue weighted by atomic mass is 32.1. The summed E-state index contributed by atoms with van der Waals surface area (Å²) in [7, 11) is 2.12. The minimum absolute atomic E-state index is 0.245. The van der Waals surface area contributed by atoms with Gasteiger partial charge in [0.2, 0.25) is 11.9 Å². The molecular formula is C22H24N8OS. The zero-order valence-corrected chi connectivity index (χ0v) is 18.8. The number of benzene rings is 1. The number of ether oxygens (including phenoxy) is 1. The zero-order chi connectivity index (χ0) is 21.9. The number of piperazine rings is 1. The van der Waals surface area contributed by atoms with Crippen molar-refractivity contribution in [2.75, 3.05) is 43.4 Å². The van der Waals surface area contributed by atoms with Crippen LogP contribution in [0.1, 0.15) is 5.56 Å². The fourth-order valence-electron chi connectivity index (χ4n) is 3.37. The number of H-pyrrole nitrogens is 1. The van der Waals surface area contributed by atoms with E-state index in [0.717, 1.165) is 42.3 Å². The van der Waals surface area contributed by atoms with E-state index >= 15 is 0 Å². The van der Waals surface area contributed by atoms with E-state index < -0.39 is 0 Å². The minimum Gasteiger partial charge on any atom is -0.424 e. The molecule has 2 N–H and O–H groups in total. The Kier molecular flexibility index (Phi) is 5.70. The summed E-state index contributed by atoms with van der Waals surface area (Å²) < 4.78 is 5.96. The van der Waals surface area contributed by atoms with Crippen molar-refractivity contribution in [3.05, 3.63) is 53.4 Å². The second-order valence-electron chi connectivity index (χ2n) is 7.72. The highest BCUT2D eigenvalue weighted by Gasteiger charge is 2.20. The van der Waals surface area contributed by atoms with Gasteiger partial charge in [-0.15, -0.1) is 11.3 Å². The van der Waals surface area contributed by atoms with Crippen molar-refractivity contribution in [2.45, 2.75) is 6.92 Å². The van der Waals surface area contributed by atoms with Gasteiger partial charge in [0.15, 0.2) is 5.82 Å². The third-order valence-corrected chi connectivity index (χ3v) is 6.13. The van der Waals surface area contributed by atoms with E-state index in [1.807, 2.05) is 54.8 Å². The number of nitrogens with one attached hydrogen (secondary N) is 2. The van der Waals surface area contributed by atoms with Gasteiger partial charge in [0.05, 0.1) is 10.6 Å². The van der Waals surface area contributed by atoms with E-state index in [2.05, 4.69) is 47.3 Å². The second kappa shape index (κ2) is 8.93. The Morgan fingerprint density at radius 1 is 1.03 bits per heavy atom. The monoisotopic (exact) mass is 448 g/mol. The normalized spacial score (nSPS) is 14.5. The number of thiophene rings is 1. The molecule has 0 spiro atoms. The molecule has 4 aromatic rings. The summed E-state index contributed by atoms with van der Waals surface area (Å²) in [5.41, 5.74) is 2.10. The van der Waals surface area contributed by atoms with Crippen molar-refractivity contribution in [3.8, 4) is 22.3 Å². The lowest BCUT2D eigenvalue weighted by Gasteiger charge is -2.32. The Morgan fingerprint density at radius 2 is 1.84 bits per heavy atom. The molecule has 0 bridgehead atoms. The van der Waals surface area contributed by atoms with E-state index in [9.17, 15) is 0 Å². The molecule has 9 nitrogen and oxygen atoms in total. The molecule has 3 aromatic heterocycles. The number of aromatic nitrogens is 5. The maximum Gasteiger partial charge on any atom is 0.328 e. The molecule has 0 saturated carbocycles. The molecule has 32 heavy (non-hydrogen) atoms. The van der Waals surface area contributed by atoms with E-state index in [-0.39, 0.29) is 6.01 Å². The van der Waals surface area contributed by atoms with E-state index in [4.69, 9.17) is 4.74 Å². The molecule has 1 aromatic carbocycles. The Hall–Kier alpha value is -3.50. The Labute approximate surface area is 190 Å². The summed E-state index contributed by atoms with van der Waals surface area (Å²) in [6, 6.07) is 14.0. The first-order chi connectivity index (χ1) is 15.6. The van der Waals surface area contributed by atoms with Crippen LogP contribution in [0, 0.1) is 6.92 Å². The molecule has 1 aliphatic rings. The lowest BCUT2D eigenvalue weighted by molar-refractivity contribution is 0.310. The molecule has 4 heterocycles. The summed E-state index contributed by atoms with van der Waals surface area (Å²) in [5.74, 6) is 2.29. The maximum atomic E-state index is 5.96. The average molecular weight is 449 g/mol. The zero-order valence-electron chi connectivity index (χ0n) is 17.9. The number of anilines is 3.